The Morgan fingerprint density at radius 1 is 1.04 bits per heavy atom. The molecule has 5 rings (SSSR count). The molecule has 0 saturated heterocycles. The average Bonchev–Trinajstić information content (AvgIpc) is 3.20. The van der Waals surface area contributed by atoms with Crippen LogP contribution in [0.3, 0.4) is 0 Å². The molecule has 1 radical (unpaired) electrons. The molecule has 0 fully saturated rings. The van der Waals surface area contributed by atoms with E-state index in [4.69, 9.17) is 5.79 Å². The molecule has 4 heterocycles. The summed E-state index contributed by atoms with van der Waals surface area (Å²) in [5.74, 6) is 0.767. The van der Waals surface area contributed by atoms with Crippen molar-refractivity contribution in [2.24, 2.45) is 0 Å². The van der Waals surface area contributed by atoms with Gasteiger partial charge in [-0.3, -0.25) is 0 Å². The van der Waals surface area contributed by atoms with Crippen LogP contribution in [0, 0.1) is 13.6 Å². The highest BCUT2D eigenvalue weighted by atomic mass is 16.3. The molecule has 26 heavy (non-hydrogen) atoms. The van der Waals surface area contributed by atoms with Crippen LogP contribution in [-0.2, 0) is 0 Å². The van der Waals surface area contributed by atoms with Crippen molar-refractivity contribution in [3.63, 3.8) is 0 Å². The number of fused-ring (bicyclic) bond motifs is 4. The maximum atomic E-state index is 8.51. The molecular weight excluding hydrogens is 324 g/mol. The molecule has 0 aliphatic carbocycles. The maximum absolute atomic E-state index is 8.51. The lowest BCUT2D eigenvalue weighted by Gasteiger charge is -2.24. The molecule has 0 saturated carbocycles. The van der Waals surface area contributed by atoms with Crippen LogP contribution in [0.25, 0.3) is 22.1 Å². The van der Waals surface area contributed by atoms with Crippen LogP contribution in [0.1, 0.15) is 20.8 Å². The van der Waals surface area contributed by atoms with E-state index in [1.807, 2.05) is 49.7 Å². The van der Waals surface area contributed by atoms with Crippen molar-refractivity contribution in [3.8, 4) is 0 Å². The lowest BCUT2D eigenvalue weighted by molar-refractivity contribution is 0.653. The number of rotatable bonds is 2. The third-order valence-corrected chi connectivity index (χ3v) is 4.80. The normalized spacial score (nSPS) is 15.0. The van der Waals surface area contributed by atoms with Crippen molar-refractivity contribution in [1.82, 2.24) is 9.97 Å². The first-order valence-corrected chi connectivity index (χ1v) is 8.60. The maximum Gasteiger partial charge on any atom is 0.227 e. The van der Waals surface area contributed by atoms with Gasteiger partial charge in [-0.05, 0) is 50.6 Å². The SMILES string of the molecule is [2H]C(C)(C)N1[CH]N(c2c(C)ccc3c2oc2ncccc23)c2cccnc21. The molecule has 1 aliphatic rings. The molecule has 0 N–H and O–H groups in total. The number of furan rings is 1. The lowest BCUT2D eigenvalue weighted by Crippen LogP contribution is -2.29. The Bertz CT molecular complexity index is 1180. The van der Waals surface area contributed by atoms with Gasteiger partial charge >= 0.3 is 0 Å². The van der Waals surface area contributed by atoms with Gasteiger partial charge in [0.25, 0.3) is 0 Å². The minimum absolute atomic E-state index is 0.627. The van der Waals surface area contributed by atoms with Crippen molar-refractivity contribution >= 4 is 39.3 Å². The predicted octanol–water partition coefficient (Wildman–Crippen LogP) is 5.17. The number of hydrogen-bond acceptors (Lipinski definition) is 5. The van der Waals surface area contributed by atoms with E-state index in [0.29, 0.717) is 5.71 Å². The highest BCUT2D eigenvalue weighted by molar-refractivity contribution is 6.09. The van der Waals surface area contributed by atoms with Gasteiger partial charge in [-0.2, -0.15) is 0 Å². The van der Waals surface area contributed by atoms with E-state index in [0.717, 1.165) is 39.1 Å². The van der Waals surface area contributed by atoms with Crippen LogP contribution in [0.4, 0.5) is 17.2 Å². The van der Waals surface area contributed by atoms with E-state index in [9.17, 15) is 0 Å². The first kappa shape index (κ1) is 14.1. The highest BCUT2D eigenvalue weighted by Gasteiger charge is 2.33. The largest absolute Gasteiger partial charge is 0.435 e. The summed E-state index contributed by atoms with van der Waals surface area (Å²) in [7, 11) is 0. The summed E-state index contributed by atoms with van der Waals surface area (Å²) >= 11 is 0. The van der Waals surface area contributed by atoms with Gasteiger partial charge in [0.15, 0.2) is 11.4 Å². The van der Waals surface area contributed by atoms with Crippen LogP contribution in [0.5, 0.6) is 0 Å². The fourth-order valence-electron chi connectivity index (χ4n) is 3.56. The second kappa shape index (κ2) is 5.46. The van der Waals surface area contributed by atoms with E-state index in [1.165, 1.54) is 0 Å². The number of aryl methyl sites for hydroxylation is 1. The highest BCUT2D eigenvalue weighted by Crippen LogP contribution is 2.46. The van der Waals surface area contributed by atoms with Gasteiger partial charge in [-0.15, -0.1) is 0 Å². The van der Waals surface area contributed by atoms with Gasteiger partial charge in [0, 0.05) is 29.2 Å². The molecule has 0 atom stereocenters. The summed E-state index contributed by atoms with van der Waals surface area (Å²) in [6.45, 7) is 7.70. The zero-order valence-electron chi connectivity index (χ0n) is 15.9. The Balaban J connectivity index is 1.78. The minimum Gasteiger partial charge on any atom is -0.435 e. The summed E-state index contributed by atoms with van der Waals surface area (Å²) in [5, 5.41) is 2.03. The van der Waals surface area contributed by atoms with Crippen LogP contribution >= 0.6 is 0 Å². The Labute approximate surface area is 153 Å². The molecule has 129 valence electrons. The summed E-state index contributed by atoms with van der Waals surface area (Å²) in [5.41, 5.74) is 4.38. The van der Waals surface area contributed by atoms with E-state index in [-0.39, 0.29) is 0 Å². The number of aromatic nitrogens is 2. The van der Waals surface area contributed by atoms with Gasteiger partial charge in [-0.25, -0.2) is 9.97 Å². The Kier molecular flexibility index (Phi) is 2.97. The fourth-order valence-corrected chi connectivity index (χ4v) is 3.56. The zero-order chi connectivity index (χ0) is 18.8. The first-order chi connectivity index (χ1) is 12.9. The molecule has 1 aliphatic heterocycles. The summed E-state index contributed by atoms with van der Waals surface area (Å²) in [4.78, 5) is 12.8. The summed E-state index contributed by atoms with van der Waals surface area (Å²) in [6.07, 6.45) is 3.50. The van der Waals surface area contributed by atoms with Crippen molar-refractivity contribution in [1.29, 1.82) is 0 Å². The summed E-state index contributed by atoms with van der Waals surface area (Å²) < 4.78 is 14.7. The number of hydrogen-bond donors (Lipinski definition) is 0. The number of nitrogens with zero attached hydrogens (tertiary/aromatic N) is 4. The van der Waals surface area contributed by atoms with Crippen LogP contribution in [0.2, 0.25) is 0 Å². The van der Waals surface area contributed by atoms with Crippen LogP contribution in [-0.4, -0.2) is 16.0 Å². The predicted molar refractivity (Wildman–Crippen MR) is 105 cm³/mol. The van der Waals surface area contributed by atoms with Gasteiger partial charge in [0.05, 0.1) is 12.7 Å². The van der Waals surface area contributed by atoms with E-state index in [2.05, 4.69) is 33.9 Å². The quantitative estimate of drug-likeness (QED) is 0.502. The molecule has 0 spiro atoms. The van der Waals surface area contributed by atoms with Crippen LogP contribution < -0.4 is 9.80 Å². The molecule has 4 aromatic rings. The van der Waals surface area contributed by atoms with Gasteiger partial charge in [-0.1, -0.05) is 12.1 Å². The van der Waals surface area contributed by atoms with E-state index in [1.54, 1.807) is 12.4 Å². The van der Waals surface area contributed by atoms with Gasteiger partial charge < -0.3 is 14.2 Å². The Morgan fingerprint density at radius 3 is 2.69 bits per heavy atom. The van der Waals surface area contributed by atoms with Gasteiger partial charge in [0.2, 0.25) is 5.71 Å². The van der Waals surface area contributed by atoms with E-state index >= 15 is 0 Å². The first-order valence-electron chi connectivity index (χ1n) is 9.10. The summed E-state index contributed by atoms with van der Waals surface area (Å²) in [6, 6.07) is 11.2. The zero-order valence-corrected chi connectivity index (χ0v) is 14.9. The third kappa shape index (κ3) is 2.03. The molecule has 0 amide bonds. The van der Waals surface area contributed by atoms with Crippen molar-refractivity contribution in [3.05, 3.63) is 61.0 Å². The molecular formula is C21H19N4O. The van der Waals surface area contributed by atoms with Gasteiger partial charge in [0.1, 0.15) is 6.67 Å². The van der Waals surface area contributed by atoms with E-state index < -0.39 is 6.02 Å². The Hall–Kier alpha value is -3.08. The number of benzene rings is 1. The molecule has 5 nitrogen and oxygen atoms in total. The fraction of sp³-hybridized carbons (Fsp3) is 0.190. The monoisotopic (exact) mass is 344 g/mol. The smallest absolute Gasteiger partial charge is 0.227 e. The molecule has 5 heteroatoms. The third-order valence-electron chi connectivity index (χ3n) is 4.80. The van der Waals surface area contributed by atoms with Crippen molar-refractivity contribution in [2.75, 3.05) is 9.80 Å². The van der Waals surface area contributed by atoms with Crippen molar-refractivity contribution < 1.29 is 5.79 Å². The molecule has 0 unspecified atom stereocenters. The Morgan fingerprint density at radius 2 is 1.85 bits per heavy atom. The lowest BCUT2D eigenvalue weighted by atomic mass is 10.1. The van der Waals surface area contributed by atoms with Crippen molar-refractivity contribution in [2.45, 2.75) is 26.8 Å². The number of anilines is 3. The average molecular weight is 344 g/mol. The topological polar surface area (TPSA) is 45.4 Å². The minimum atomic E-state index is -0.838. The van der Waals surface area contributed by atoms with Crippen LogP contribution in [0.15, 0.2) is 53.2 Å². The number of pyridine rings is 2. The second-order valence-corrected chi connectivity index (χ2v) is 6.71. The molecule has 3 aromatic heterocycles. The standard InChI is InChI=1S/C21H19N4O/c1-13(2)24-12-25(17-7-5-10-22-20(17)24)18-14(3)8-9-15-16-6-4-11-23-21(16)26-19(15)18/h4-13H,1-3H3/i13D. The molecule has 0 bridgehead atoms. The second-order valence-electron chi connectivity index (χ2n) is 6.71. The molecule has 1 aromatic carbocycles.